The molecule has 0 atom stereocenters. The van der Waals surface area contributed by atoms with E-state index in [-0.39, 0.29) is 22.9 Å². The van der Waals surface area contributed by atoms with Crippen molar-refractivity contribution in [3.63, 3.8) is 0 Å². The topological polar surface area (TPSA) is 151 Å². The maximum Gasteiger partial charge on any atom is 0.330 e. The Morgan fingerprint density at radius 3 is 2.45 bits per heavy atom. The van der Waals surface area contributed by atoms with E-state index in [0.29, 0.717) is 31.7 Å². The van der Waals surface area contributed by atoms with E-state index in [9.17, 15) is 22.8 Å². The van der Waals surface area contributed by atoms with Gasteiger partial charge in [-0.3, -0.25) is 19.1 Å². The Balaban J connectivity index is 2.23. The van der Waals surface area contributed by atoms with E-state index in [1.165, 1.54) is 33.0 Å². The molecule has 0 aliphatic carbocycles. The van der Waals surface area contributed by atoms with Crippen LogP contribution in [0.5, 0.6) is 0 Å². The zero-order valence-electron chi connectivity index (χ0n) is 19.4. The quantitative estimate of drug-likeness (QED) is 0.434. The van der Waals surface area contributed by atoms with E-state index >= 15 is 0 Å². The molecule has 0 fully saturated rings. The van der Waals surface area contributed by atoms with E-state index in [4.69, 9.17) is 5.73 Å². The molecule has 0 aliphatic rings. The molecular weight excluding hydrogens is 448 g/mol. The molecule has 1 aromatic carbocycles. The molecule has 12 heteroatoms. The van der Waals surface area contributed by atoms with E-state index in [1.807, 2.05) is 6.92 Å². The third-order valence-electron chi connectivity index (χ3n) is 5.17. The van der Waals surface area contributed by atoms with Gasteiger partial charge in [0, 0.05) is 32.4 Å². The molecule has 2 aromatic rings. The van der Waals surface area contributed by atoms with Crippen LogP contribution in [0.4, 0.5) is 17.2 Å². The number of carbonyl (C=O) groups excluding carboxylic acids is 1. The van der Waals surface area contributed by atoms with Crippen LogP contribution in [0.15, 0.2) is 38.8 Å². The summed E-state index contributed by atoms with van der Waals surface area (Å²) in [6.07, 6.45) is 1.54. The van der Waals surface area contributed by atoms with Crippen molar-refractivity contribution >= 4 is 33.1 Å². The number of amides is 1. The van der Waals surface area contributed by atoms with Gasteiger partial charge in [0.15, 0.2) is 0 Å². The van der Waals surface area contributed by atoms with Crippen molar-refractivity contribution in [1.82, 2.24) is 13.9 Å². The number of benzene rings is 1. The molecular formula is C21H32N6O5S. The molecule has 11 nitrogen and oxygen atoms in total. The number of nitrogen functional groups attached to an aromatic ring is 1. The van der Waals surface area contributed by atoms with Gasteiger partial charge in [0.25, 0.3) is 5.56 Å². The maximum absolute atomic E-state index is 12.7. The van der Waals surface area contributed by atoms with E-state index < -0.39 is 27.2 Å². The summed E-state index contributed by atoms with van der Waals surface area (Å²) in [7, 11) is -2.17. The lowest BCUT2D eigenvalue weighted by atomic mass is 10.3. The lowest BCUT2D eigenvalue weighted by Gasteiger charge is -2.21. The van der Waals surface area contributed by atoms with Gasteiger partial charge in [-0.1, -0.05) is 33.3 Å². The largest absolute Gasteiger partial charge is 0.383 e. The van der Waals surface area contributed by atoms with Crippen LogP contribution < -0.4 is 27.2 Å². The minimum atomic E-state index is -3.68. The van der Waals surface area contributed by atoms with Crippen molar-refractivity contribution in [1.29, 1.82) is 0 Å². The third-order valence-corrected chi connectivity index (χ3v) is 7.22. The Morgan fingerprint density at radius 2 is 1.85 bits per heavy atom. The summed E-state index contributed by atoms with van der Waals surface area (Å²) in [6, 6.07) is 5.97. The molecule has 1 amide bonds. The van der Waals surface area contributed by atoms with Gasteiger partial charge in [-0.15, -0.1) is 0 Å². The summed E-state index contributed by atoms with van der Waals surface area (Å²) in [5.41, 5.74) is 5.11. The predicted molar refractivity (Wildman–Crippen MR) is 129 cm³/mol. The number of aromatic nitrogens is 2. The minimum Gasteiger partial charge on any atom is -0.383 e. The average molecular weight is 481 g/mol. The average Bonchev–Trinajstić information content (AvgIpc) is 2.74. The first kappa shape index (κ1) is 26.1. The maximum atomic E-state index is 12.7. The Morgan fingerprint density at radius 1 is 1.18 bits per heavy atom. The molecule has 1 heterocycles. The van der Waals surface area contributed by atoms with Crippen LogP contribution in [0.25, 0.3) is 0 Å². The normalized spacial score (nSPS) is 11.5. The van der Waals surface area contributed by atoms with Crippen molar-refractivity contribution in [2.24, 2.45) is 0 Å². The first-order valence-electron chi connectivity index (χ1n) is 10.8. The monoisotopic (exact) mass is 480 g/mol. The number of sulfonamides is 1. The van der Waals surface area contributed by atoms with Gasteiger partial charge >= 0.3 is 5.69 Å². The highest BCUT2D eigenvalue weighted by atomic mass is 32.2. The number of nitrogens with zero attached hydrogens (tertiary/aromatic N) is 3. The van der Waals surface area contributed by atoms with Crippen LogP contribution in [0.3, 0.4) is 0 Å². The molecule has 4 N–H and O–H groups in total. The molecule has 33 heavy (non-hydrogen) atoms. The van der Waals surface area contributed by atoms with Gasteiger partial charge in [-0.25, -0.2) is 13.2 Å². The summed E-state index contributed by atoms with van der Waals surface area (Å²) >= 11 is 0. The Bertz CT molecular complexity index is 1200. The number of aromatic amines is 1. The fourth-order valence-electron chi connectivity index (χ4n) is 3.43. The zero-order chi connectivity index (χ0) is 24.8. The Kier molecular flexibility index (Phi) is 8.83. The summed E-state index contributed by atoms with van der Waals surface area (Å²) < 4.78 is 28.1. The fraction of sp³-hybridized carbons (Fsp3) is 0.476. The first-order chi connectivity index (χ1) is 15.6. The Labute approximate surface area is 193 Å². The summed E-state index contributed by atoms with van der Waals surface area (Å²) in [5, 5.41) is 2.64. The molecule has 0 unspecified atom stereocenters. The Hall–Kier alpha value is -3.12. The standard InChI is InChI=1S/C21H32N6O5S/c1-5-8-12-27-19(22)18(20(29)24-21(27)30)25(4)14-17(28)23-15-10-9-11-16(13-15)33(31,32)26(6-2)7-3/h9-11,13H,5-8,12,14,22H2,1-4H3,(H,23,28)(H,24,29,30). The number of H-pyrrole nitrogens is 1. The number of nitrogens with one attached hydrogen (secondary N) is 2. The molecule has 0 aliphatic heterocycles. The van der Waals surface area contributed by atoms with Gasteiger partial charge in [-0.2, -0.15) is 4.31 Å². The number of hydrogen-bond acceptors (Lipinski definition) is 7. The van der Waals surface area contributed by atoms with Gasteiger partial charge in [-0.05, 0) is 24.6 Å². The number of likely N-dealkylation sites (N-methyl/N-ethyl adjacent to an activating group) is 1. The number of carbonyl (C=O) groups is 1. The molecule has 0 spiro atoms. The second-order valence-corrected chi connectivity index (χ2v) is 9.46. The van der Waals surface area contributed by atoms with Crippen LogP contribution in [0, 0.1) is 0 Å². The van der Waals surface area contributed by atoms with Crippen LogP contribution in [0.2, 0.25) is 0 Å². The molecule has 0 saturated carbocycles. The molecule has 1 aromatic heterocycles. The highest BCUT2D eigenvalue weighted by Gasteiger charge is 2.22. The fourth-order valence-corrected chi connectivity index (χ4v) is 4.93. The number of nitrogens with two attached hydrogens (primary N) is 1. The van der Waals surface area contributed by atoms with Crippen LogP contribution in [-0.4, -0.2) is 54.9 Å². The van der Waals surface area contributed by atoms with E-state index in [2.05, 4.69) is 10.3 Å². The van der Waals surface area contributed by atoms with Gasteiger partial charge < -0.3 is 16.0 Å². The lowest BCUT2D eigenvalue weighted by molar-refractivity contribution is -0.114. The number of rotatable bonds is 11. The van der Waals surface area contributed by atoms with Crippen molar-refractivity contribution in [2.45, 2.75) is 45.1 Å². The second-order valence-electron chi connectivity index (χ2n) is 7.52. The second kappa shape index (κ2) is 11.1. The van der Waals surface area contributed by atoms with Crippen molar-refractivity contribution in [3.8, 4) is 0 Å². The number of anilines is 3. The predicted octanol–water partition coefficient (Wildman–Crippen LogP) is 1.02. The molecule has 0 saturated heterocycles. The third kappa shape index (κ3) is 6.02. The molecule has 0 bridgehead atoms. The van der Waals surface area contributed by atoms with Crippen molar-refractivity contribution in [2.75, 3.05) is 42.6 Å². The molecule has 0 radical (unpaired) electrons. The number of unbranched alkanes of at least 4 members (excludes halogenated alkanes) is 1. The highest BCUT2D eigenvalue weighted by molar-refractivity contribution is 7.89. The van der Waals surface area contributed by atoms with E-state index in [1.54, 1.807) is 26.0 Å². The first-order valence-corrected chi connectivity index (χ1v) is 12.2. The summed E-state index contributed by atoms with van der Waals surface area (Å²) in [4.78, 5) is 40.7. The molecule has 182 valence electrons. The molecule has 2 rings (SSSR count). The van der Waals surface area contributed by atoms with Gasteiger partial charge in [0.1, 0.15) is 11.5 Å². The van der Waals surface area contributed by atoms with E-state index in [0.717, 1.165) is 6.42 Å². The lowest BCUT2D eigenvalue weighted by Crippen LogP contribution is -2.39. The SMILES string of the molecule is CCCCn1c(N)c(N(C)CC(=O)Nc2cccc(S(=O)(=O)N(CC)CC)c2)c(=O)[nH]c1=O. The van der Waals surface area contributed by atoms with Crippen molar-refractivity contribution < 1.29 is 13.2 Å². The van der Waals surface area contributed by atoms with Gasteiger partial charge in [0.05, 0.1) is 11.4 Å². The van der Waals surface area contributed by atoms with Crippen LogP contribution in [-0.2, 0) is 21.4 Å². The minimum absolute atomic E-state index is 0.0127. The van der Waals surface area contributed by atoms with Gasteiger partial charge in [0.2, 0.25) is 15.9 Å². The number of hydrogen-bond donors (Lipinski definition) is 3. The highest BCUT2D eigenvalue weighted by Crippen LogP contribution is 2.20. The summed E-state index contributed by atoms with van der Waals surface area (Å²) in [6.45, 7) is 6.23. The zero-order valence-corrected chi connectivity index (χ0v) is 20.2. The summed E-state index contributed by atoms with van der Waals surface area (Å²) in [5.74, 6) is -0.500. The van der Waals surface area contributed by atoms with Crippen molar-refractivity contribution in [3.05, 3.63) is 45.1 Å². The smallest absolute Gasteiger partial charge is 0.330 e. The van der Waals surface area contributed by atoms with Crippen LogP contribution >= 0.6 is 0 Å². The van der Waals surface area contributed by atoms with Crippen LogP contribution in [0.1, 0.15) is 33.6 Å².